The second-order valence-corrected chi connectivity index (χ2v) is 9.81. The first-order chi connectivity index (χ1) is 17.1. The van der Waals surface area contributed by atoms with E-state index in [2.05, 4.69) is 52.0 Å². The predicted molar refractivity (Wildman–Crippen MR) is 139 cm³/mol. The van der Waals surface area contributed by atoms with E-state index in [1.807, 2.05) is 0 Å². The quantitative estimate of drug-likeness (QED) is 0.285. The highest BCUT2D eigenvalue weighted by atomic mass is 16.7. The molecule has 35 heavy (non-hydrogen) atoms. The number of hydrogen-bond donors (Lipinski definition) is 0. The van der Waals surface area contributed by atoms with Crippen molar-refractivity contribution in [2.24, 2.45) is 0 Å². The maximum absolute atomic E-state index is 6.90. The Morgan fingerprint density at radius 1 is 0.571 bits per heavy atom. The van der Waals surface area contributed by atoms with Crippen molar-refractivity contribution in [3.8, 4) is 23.0 Å². The van der Waals surface area contributed by atoms with Crippen LogP contribution in [0.4, 0.5) is 0 Å². The molecule has 2 atom stereocenters. The minimum Gasteiger partial charge on any atom is -0.454 e. The molecule has 0 amide bonds. The van der Waals surface area contributed by atoms with Gasteiger partial charge in [0.1, 0.15) is 0 Å². The third-order valence-electron chi connectivity index (χ3n) is 6.93. The highest BCUT2D eigenvalue weighted by Crippen LogP contribution is 2.38. The molecule has 0 aliphatic carbocycles. The van der Waals surface area contributed by atoms with Crippen LogP contribution in [0.2, 0.25) is 0 Å². The Balaban J connectivity index is 1.53. The van der Waals surface area contributed by atoms with Crippen LogP contribution in [0.5, 0.6) is 23.0 Å². The van der Waals surface area contributed by atoms with Crippen LogP contribution in [-0.2, 0) is 30.4 Å². The summed E-state index contributed by atoms with van der Waals surface area (Å²) in [4.78, 5) is 0. The van der Waals surface area contributed by atoms with Crippen molar-refractivity contribution in [3.63, 3.8) is 0 Å². The monoisotopic (exact) mass is 482 g/mol. The normalized spacial score (nSPS) is 15.4. The van der Waals surface area contributed by atoms with Crippen LogP contribution in [0, 0.1) is 0 Å². The topological polar surface area (TPSA) is 46.2 Å². The van der Waals surface area contributed by atoms with Gasteiger partial charge in [-0.25, -0.2) is 0 Å². The van der Waals surface area contributed by atoms with Crippen LogP contribution in [0.3, 0.4) is 0 Å². The molecular weight excluding hydrogens is 440 g/mol. The van der Waals surface area contributed by atoms with Crippen LogP contribution in [0.1, 0.15) is 88.5 Å². The summed E-state index contributed by atoms with van der Waals surface area (Å²) >= 11 is 0. The van der Waals surface area contributed by atoms with E-state index >= 15 is 0 Å². The highest BCUT2D eigenvalue weighted by Gasteiger charge is 2.24. The SMILES string of the molecule is CCCc1cc2c(cc1CC(CCC)OC(CCC)Cc1cc3c(cc1CCC)OCO3)OCO2. The van der Waals surface area contributed by atoms with Crippen molar-refractivity contribution < 1.29 is 23.7 Å². The number of rotatable bonds is 14. The molecule has 0 saturated heterocycles. The molecule has 4 rings (SSSR count). The van der Waals surface area contributed by atoms with E-state index in [1.54, 1.807) is 0 Å². The molecule has 192 valence electrons. The minimum atomic E-state index is 0.177. The maximum atomic E-state index is 6.90. The molecule has 5 nitrogen and oxygen atoms in total. The summed E-state index contributed by atoms with van der Waals surface area (Å²) < 4.78 is 29.6. The van der Waals surface area contributed by atoms with Crippen molar-refractivity contribution in [1.82, 2.24) is 0 Å². The van der Waals surface area contributed by atoms with Crippen LogP contribution in [0.15, 0.2) is 24.3 Å². The van der Waals surface area contributed by atoms with Gasteiger partial charge in [0.2, 0.25) is 13.6 Å². The van der Waals surface area contributed by atoms with Gasteiger partial charge in [0, 0.05) is 0 Å². The van der Waals surface area contributed by atoms with Crippen LogP contribution in [0.25, 0.3) is 0 Å². The van der Waals surface area contributed by atoms with E-state index in [9.17, 15) is 0 Å². The second-order valence-electron chi connectivity index (χ2n) is 9.81. The van der Waals surface area contributed by atoms with Gasteiger partial charge in [-0.15, -0.1) is 0 Å². The molecule has 2 aromatic rings. The third-order valence-corrected chi connectivity index (χ3v) is 6.93. The minimum absolute atomic E-state index is 0.177. The smallest absolute Gasteiger partial charge is 0.231 e. The average molecular weight is 483 g/mol. The number of aryl methyl sites for hydroxylation is 2. The lowest BCUT2D eigenvalue weighted by Crippen LogP contribution is -2.26. The van der Waals surface area contributed by atoms with E-state index in [-0.39, 0.29) is 12.2 Å². The van der Waals surface area contributed by atoms with Crippen molar-refractivity contribution in [1.29, 1.82) is 0 Å². The first kappa shape index (κ1) is 25.7. The molecule has 0 fully saturated rings. The standard InChI is InChI=1S/C30H42O5/c1-5-9-21-15-27-29(33-19-31-27)17-23(21)13-25(11-7-3)35-26(12-8-4)14-24-18-30-28(32-20-34-30)16-22(24)10-6-2/h15-18,25-26H,5-14,19-20H2,1-4H3. The lowest BCUT2D eigenvalue weighted by Gasteiger charge is -2.27. The molecule has 0 saturated carbocycles. The van der Waals surface area contributed by atoms with Crippen LogP contribution >= 0.6 is 0 Å². The Hall–Kier alpha value is -2.40. The van der Waals surface area contributed by atoms with Gasteiger partial charge >= 0.3 is 0 Å². The van der Waals surface area contributed by atoms with E-state index in [1.165, 1.54) is 22.3 Å². The van der Waals surface area contributed by atoms with Gasteiger partial charge < -0.3 is 23.7 Å². The molecule has 5 heteroatoms. The Labute approximate surface area is 211 Å². The van der Waals surface area contributed by atoms with Crippen molar-refractivity contribution in [2.45, 2.75) is 104 Å². The summed E-state index contributed by atoms with van der Waals surface area (Å²) in [6.45, 7) is 9.57. The summed E-state index contributed by atoms with van der Waals surface area (Å²) in [5.74, 6) is 3.48. The fraction of sp³-hybridized carbons (Fsp3) is 0.600. The fourth-order valence-corrected chi connectivity index (χ4v) is 5.28. The Bertz CT molecular complexity index is 892. The highest BCUT2D eigenvalue weighted by molar-refractivity contribution is 5.50. The average Bonchev–Trinajstić information content (AvgIpc) is 3.48. The molecule has 2 aromatic carbocycles. The summed E-state index contributed by atoms with van der Waals surface area (Å²) in [5, 5.41) is 0. The molecule has 0 radical (unpaired) electrons. The molecule has 0 N–H and O–H groups in total. The summed E-state index contributed by atoms with van der Waals surface area (Å²) in [6.07, 6.45) is 10.8. The van der Waals surface area contributed by atoms with E-state index in [0.717, 1.165) is 87.2 Å². The summed E-state index contributed by atoms with van der Waals surface area (Å²) in [7, 11) is 0. The Morgan fingerprint density at radius 3 is 1.29 bits per heavy atom. The molecule has 2 heterocycles. The first-order valence-electron chi connectivity index (χ1n) is 13.6. The first-order valence-corrected chi connectivity index (χ1v) is 13.6. The zero-order chi connectivity index (χ0) is 24.6. The van der Waals surface area contributed by atoms with E-state index in [4.69, 9.17) is 23.7 Å². The molecule has 2 unspecified atom stereocenters. The van der Waals surface area contributed by atoms with Crippen LogP contribution in [-0.4, -0.2) is 25.8 Å². The maximum Gasteiger partial charge on any atom is 0.231 e. The molecule has 0 bridgehead atoms. The second kappa shape index (κ2) is 12.5. The van der Waals surface area contributed by atoms with Crippen molar-refractivity contribution in [3.05, 3.63) is 46.5 Å². The number of ether oxygens (including phenoxy) is 5. The van der Waals surface area contributed by atoms with Crippen LogP contribution < -0.4 is 18.9 Å². The van der Waals surface area contributed by atoms with Gasteiger partial charge in [0.25, 0.3) is 0 Å². The van der Waals surface area contributed by atoms with Gasteiger partial charge in [-0.1, -0.05) is 53.4 Å². The predicted octanol–water partition coefficient (Wildman–Crippen LogP) is 7.19. The molecule has 2 aliphatic heterocycles. The summed E-state index contributed by atoms with van der Waals surface area (Å²) in [5.41, 5.74) is 5.38. The number of benzene rings is 2. The zero-order valence-electron chi connectivity index (χ0n) is 22.0. The number of fused-ring (bicyclic) bond motifs is 2. The zero-order valence-corrected chi connectivity index (χ0v) is 22.0. The molecule has 0 aromatic heterocycles. The van der Waals surface area contributed by atoms with Gasteiger partial charge in [0.15, 0.2) is 23.0 Å². The fourth-order valence-electron chi connectivity index (χ4n) is 5.28. The van der Waals surface area contributed by atoms with Gasteiger partial charge in [-0.05, 0) is 85.0 Å². The van der Waals surface area contributed by atoms with Gasteiger partial charge in [-0.2, -0.15) is 0 Å². The van der Waals surface area contributed by atoms with Crippen molar-refractivity contribution in [2.75, 3.05) is 13.6 Å². The van der Waals surface area contributed by atoms with E-state index in [0.29, 0.717) is 13.6 Å². The van der Waals surface area contributed by atoms with Crippen molar-refractivity contribution >= 4 is 0 Å². The molecule has 2 aliphatic rings. The van der Waals surface area contributed by atoms with E-state index < -0.39 is 0 Å². The molecular formula is C30H42O5. The largest absolute Gasteiger partial charge is 0.454 e. The Kier molecular flexibility index (Phi) is 9.19. The van der Waals surface area contributed by atoms with Gasteiger partial charge in [-0.3, -0.25) is 0 Å². The van der Waals surface area contributed by atoms with Gasteiger partial charge in [0.05, 0.1) is 12.2 Å². The lowest BCUT2D eigenvalue weighted by atomic mass is 9.94. The third kappa shape index (κ3) is 6.43. The lowest BCUT2D eigenvalue weighted by molar-refractivity contribution is -0.0202. The number of hydrogen-bond acceptors (Lipinski definition) is 5. The summed E-state index contributed by atoms with van der Waals surface area (Å²) in [6, 6.07) is 8.73. The molecule has 0 spiro atoms. The Morgan fingerprint density at radius 2 is 0.943 bits per heavy atom.